The normalized spacial score (nSPS) is 39.5. The maximum absolute atomic E-state index is 11.2. The van der Waals surface area contributed by atoms with Crippen molar-refractivity contribution in [3.05, 3.63) is 42.5 Å². The van der Waals surface area contributed by atoms with E-state index in [1.807, 2.05) is 39.0 Å². The van der Waals surface area contributed by atoms with Crippen LogP contribution < -0.4 is 4.74 Å². The van der Waals surface area contributed by atoms with Crippen LogP contribution in [-0.2, 0) is 37.9 Å². The summed E-state index contributed by atoms with van der Waals surface area (Å²) in [5.74, 6) is -0.167. The number of fused-ring (bicyclic) bond motifs is 2. The minimum absolute atomic E-state index is 0.126. The molecule has 4 fully saturated rings. The zero-order chi connectivity index (χ0) is 30.7. The smallest absolute Gasteiger partial charge is 0.187 e. The fraction of sp³-hybridized carbons (Fsp3) is 0.750. The third-order valence-electron chi connectivity index (χ3n) is 8.47. The molecule has 242 valence electrons. The van der Waals surface area contributed by atoms with E-state index in [9.17, 15) is 10.2 Å². The number of hydrogen-bond acceptors (Lipinski definition) is 11. The largest absolute Gasteiger partial charge is 0.497 e. The zero-order valence-electron chi connectivity index (χ0n) is 25.8. The molecule has 4 aliphatic rings. The summed E-state index contributed by atoms with van der Waals surface area (Å²) in [5, 5.41) is 22.4. The second kappa shape index (κ2) is 14.2. The molecule has 0 spiro atoms. The van der Waals surface area contributed by atoms with Crippen LogP contribution in [0.1, 0.15) is 71.7 Å². The van der Waals surface area contributed by atoms with Gasteiger partial charge in [-0.15, -0.1) is 6.58 Å². The Morgan fingerprint density at radius 1 is 1.00 bits per heavy atom. The quantitative estimate of drug-likeness (QED) is 0.266. The van der Waals surface area contributed by atoms with Gasteiger partial charge in [-0.1, -0.05) is 44.4 Å². The lowest BCUT2D eigenvalue weighted by molar-refractivity contribution is -0.388. The highest BCUT2D eigenvalue weighted by atomic mass is 16.8. The predicted molar refractivity (Wildman–Crippen MR) is 154 cm³/mol. The fourth-order valence-corrected chi connectivity index (χ4v) is 6.22. The van der Waals surface area contributed by atoms with E-state index in [4.69, 9.17) is 42.6 Å². The number of hydrogen-bond donors (Lipinski definition) is 2. The average Bonchev–Trinajstić information content (AvgIpc) is 3.33. The number of ether oxygens (including phenoxy) is 9. The summed E-state index contributed by atoms with van der Waals surface area (Å²) in [6.45, 7) is 11.8. The first-order valence-corrected chi connectivity index (χ1v) is 15.5. The molecule has 0 aromatic heterocycles. The van der Waals surface area contributed by atoms with Crippen LogP contribution in [-0.4, -0.2) is 97.2 Å². The van der Waals surface area contributed by atoms with E-state index < -0.39 is 67.4 Å². The van der Waals surface area contributed by atoms with Gasteiger partial charge < -0.3 is 52.8 Å². The molecule has 4 aliphatic heterocycles. The van der Waals surface area contributed by atoms with Crippen molar-refractivity contribution < 1.29 is 52.8 Å². The van der Waals surface area contributed by atoms with Crippen LogP contribution in [0.25, 0.3) is 0 Å². The minimum Gasteiger partial charge on any atom is -0.497 e. The van der Waals surface area contributed by atoms with Gasteiger partial charge in [0, 0.05) is 5.56 Å². The standard InChI is InChI=1S/C32H48O11/c1-7-9-10-12-21(11-8-2)38-31-28(27-25(18(3)37-31)42-32(4,5)43-27)41-30-24(34)23(33)26-22(39-30)17-36-29(40-26)19-13-15-20(35-6)16-14-19/h8,13-16,18,21-31,33-34H,2,7,9-12,17H2,1,3-6H3/t18-,21-,22-,23-,24-,25+,26-,27+,28-,29-,30+,31+/m1/s1. The fourth-order valence-electron chi connectivity index (χ4n) is 6.22. The molecule has 4 saturated heterocycles. The van der Waals surface area contributed by atoms with Crippen LogP contribution in [0.4, 0.5) is 0 Å². The van der Waals surface area contributed by atoms with Crippen LogP contribution in [0.5, 0.6) is 5.75 Å². The van der Waals surface area contributed by atoms with E-state index in [0.29, 0.717) is 12.2 Å². The first kappa shape index (κ1) is 32.7. The molecule has 0 saturated carbocycles. The summed E-state index contributed by atoms with van der Waals surface area (Å²) in [7, 11) is 1.59. The van der Waals surface area contributed by atoms with Gasteiger partial charge in [-0.3, -0.25) is 0 Å². The maximum Gasteiger partial charge on any atom is 0.187 e. The number of aliphatic hydroxyl groups is 2. The molecular formula is C32H48O11. The van der Waals surface area contributed by atoms with Crippen LogP contribution in [0.3, 0.4) is 0 Å². The van der Waals surface area contributed by atoms with E-state index in [1.165, 1.54) is 0 Å². The van der Waals surface area contributed by atoms with E-state index in [1.54, 1.807) is 19.2 Å². The van der Waals surface area contributed by atoms with Gasteiger partial charge in [-0.2, -0.15) is 0 Å². The monoisotopic (exact) mass is 608 g/mol. The van der Waals surface area contributed by atoms with Crippen molar-refractivity contribution in [2.75, 3.05) is 13.7 Å². The summed E-state index contributed by atoms with van der Waals surface area (Å²) in [6.07, 6.45) is -2.76. The lowest BCUT2D eigenvalue weighted by atomic mass is 9.96. The topological polar surface area (TPSA) is 124 Å². The second-order valence-corrected chi connectivity index (χ2v) is 12.2. The van der Waals surface area contributed by atoms with Crippen LogP contribution in [0, 0.1) is 0 Å². The number of unbranched alkanes of at least 4 members (excludes halogenated alkanes) is 2. The molecule has 11 heteroatoms. The van der Waals surface area contributed by atoms with Crippen molar-refractivity contribution in [3.63, 3.8) is 0 Å². The lowest BCUT2D eigenvalue weighted by Crippen LogP contribution is -2.65. The molecule has 11 nitrogen and oxygen atoms in total. The molecule has 2 N–H and O–H groups in total. The molecule has 1 aromatic rings. The van der Waals surface area contributed by atoms with Crippen LogP contribution >= 0.6 is 0 Å². The molecular weight excluding hydrogens is 560 g/mol. The number of aliphatic hydroxyl groups excluding tert-OH is 2. The van der Waals surface area contributed by atoms with Crippen molar-refractivity contribution in [3.8, 4) is 5.75 Å². The minimum atomic E-state index is -1.42. The summed E-state index contributed by atoms with van der Waals surface area (Å²) in [6, 6.07) is 7.27. The van der Waals surface area contributed by atoms with Crippen molar-refractivity contribution in [2.45, 2.75) is 139 Å². The van der Waals surface area contributed by atoms with Gasteiger partial charge in [0.05, 0.1) is 25.9 Å². The van der Waals surface area contributed by atoms with E-state index in [-0.39, 0.29) is 18.8 Å². The summed E-state index contributed by atoms with van der Waals surface area (Å²) < 4.78 is 55.2. The third kappa shape index (κ3) is 7.44. The molecule has 5 rings (SSSR count). The van der Waals surface area contributed by atoms with Crippen LogP contribution in [0.2, 0.25) is 0 Å². The number of methoxy groups -OCH3 is 1. The SMILES string of the molecule is C=CC[C@H](CCCCC)O[C@@H]1O[C@H](C)[C@@H]2OC(C)(C)O[C@@H]2[C@H]1O[C@@H]1O[C@@H]2CO[C@@H](c3ccc(OC)cc3)O[C@H]2[C@H](O)[C@H]1O. The molecule has 4 heterocycles. The first-order chi connectivity index (χ1) is 20.6. The van der Waals surface area contributed by atoms with Gasteiger partial charge in [0.15, 0.2) is 24.7 Å². The Labute approximate surface area is 254 Å². The Morgan fingerprint density at radius 2 is 1.74 bits per heavy atom. The van der Waals surface area contributed by atoms with E-state index in [2.05, 4.69) is 13.5 Å². The van der Waals surface area contributed by atoms with Crippen molar-refractivity contribution in [2.24, 2.45) is 0 Å². The molecule has 1 aromatic carbocycles. The molecule has 0 radical (unpaired) electrons. The van der Waals surface area contributed by atoms with Crippen LogP contribution in [0.15, 0.2) is 36.9 Å². The molecule has 0 amide bonds. The first-order valence-electron chi connectivity index (χ1n) is 15.5. The number of benzene rings is 1. The van der Waals surface area contributed by atoms with Gasteiger partial charge in [-0.25, -0.2) is 0 Å². The Balaban J connectivity index is 1.31. The Kier molecular flexibility index (Phi) is 10.8. The number of rotatable bonds is 12. The highest BCUT2D eigenvalue weighted by Crippen LogP contribution is 2.41. The van der Waals surface area contributed by atoms with Gasteiger partial charge in [0.2, 0.25) is 0 Å². The van der Waals surface area contributed by atoms with Gasteiger partial charge >= 0.3 is 0 Å². The maximum atomic E-state index is 11.2. The van der Waals surface area contributed by atoms with Crippen molar-refractivity contribution >= 4 is 0 Å². The molecule has 0 unspecified atom stereocenters. The Morgan fingerprint density at radius 3 is 2.44 bits per heavy atom. The summed E-state index contributed by atoms with van der Waals surface area (Å²) >= 11 is 0. The van der Waals surface area contributed by atoms with E-state index in [0.717, 1.165) is 31.2 Å². The Bertz CT molecular complexity index is 1030. The highest BCUT2D eigenvalue weighted by Gasteiger charge is 2.58. The molecule has 12 atom stereocenters. The van der Waals surface area contributed by atoms with Gasteiger partial charge in [-0.05, 0) is 45.7 Å². The highest BCUT2D eigenvalue weighted by molar-refractivity contribution is 5.28. The third-order valence-corrected chi connectivity index (χ3v) is 8.47. The lowest BCUT2D eigenvalue weighted by Gasteiger charge is -2.48. The molecule has 0 aliphatic carbocycles. The zero-order valence-corrected chi connectivity index (χ0v) is 25.8. The molecule has 0 bridgehead atoms. The van der Waals surface area contributed by atoms with Gasteiger partial charge in [0.1, 0.15) is 48.5 Å². The van der Waals surface area contributed by atoms with Crippen molar-refractivity contribution in [1.29, 1.82) is 0 Å². The second-order valence-electron chi connectivity index (χ2n) is 12.2. The van der Waals surface area contributed by atoms with Gasteiger partial charge in [0.25, 0.3) is 0 Å². The van der Waals surface area contributed by atoms with Crippen molar-refractivity contribution in [1.82, 2.24) is 0 Å². The summed E-state index contributed by atoms with van der Waals surface area (Å²) in [4.78, 5) is 0. The Hall–Kier alpha value is -1.64. The molecule has 43 heavy (non-hydrogen) atoms. The van der Waals surface area contributed by atoms with E-state index >= 15 is 0 Å². The average molecular weight is 609 g/mol. The predicted octanol–water partition coefficient (Wildman–Crippen LogP) is 3.75. The summed E-state index contributed by atoms with van der Waals surface area (Å²) in [5.41, 5.74) is 0.757.